The van der Waals surface area contributed by atoms with Gasteiger partial charge < -0.3 is 10.2 Å². The molecular weight excluding hydrogens is 196 g/mol. The summed E-state index contributed by atoms with van der Waals surface area (Å²) in [6.45, 7) is 14.3. The lowest BCUT2D eigenvalue weighted by Gasteiger charge is -2.36. The summed E-state index contributed by atoms with van der Waals surface area (Å²) < 4.78 is 0. The van der Waals surface area contributed by atoms with E-state index in [4.69, 9.17) is 0 Å². The van der Waals surface area contributed by atoms with Gasteiger partial charge in [-0.15, -0.1) is 0 Å². The minimum absolute atomic E-state index is 0.725. The fourth-order valence-electron chi connectivity index (χ4n) is 2.70. The molecule has 2 heteroatoms. The molecule has 0 amide bonds. The highest BCUT2D eigenvalue weighted by molar-refractivity contribution is 4.80. The molecule has 0 aromatic heterocycles. The van der Waals surface area contributed by atoms with Crippen molar-refractivity contribution >= 4 is 0 Å². The molecule has 1 aliphatic heterocycles. The van der Waals surface area contributed by atoms with Gasteiger partial charge in [0, 0.05) is 32.2 Å². The highest BCUT2D eigenvalue weighted by Gasteiger charge is 2.21. The van der Waals surface area contributed by atoms with Gasteiger partial charge in [-0.1, -0.05) is 40.5 Å². The Balaban J connectivity index is 2.32. The Bertz CT molecular complexity index is 176. The van der Waals surface area contributed by atoms with Crippen molar-refractivity contribution in [2.24, 2.45) is 11.8 Å². The van der Waals surface area contributed by atoms with Gasteiger partial charge in [0.2, 0.25) is 0 Å². The fourth-order valence-corrected chi connectivity index (χ4v) is 2.70. The molecule has 96 valence electrons. The summed E-state index contributed by atoms with van der Waals surface area (Å²) >= 11 is 0. The van der Waals surface area contributed by atoms with Gasteiger partial charge in [0.15, 0.2) is 0 Å². The monoisotopic (exact) mass is 226 g/mol. The maximum absolute atomic E-state index is 3.65. The van der Waals surface area contributed by atoms with Crippen LogP contribution in [0.4, 0.5) is 0 Å². The van der Waals surface area contributed by atoms with E-state index in [1.165, 1.54) is 45.4 Å². The second-order valence-corrected chi connectivity index (χ2v) is 5.72. The van der Waals surface area contributed by atoms with Crippen LogP contribution in [0.15, 0.2) is 0 Å². The molecule has 1 heterocycles. The molecule has 0 spiro atoms. The number of nitrogens with one attached hydrogen (secondary N) is 1. The van der Waals surface area contributed by atoms with E-state index in [-0.39, 0.29) is 0 Å². The van der Waals surface area contributed by atoms with Gasteiger partial charge in [0.25, 0.3) is 0 Å². The van der Waals surface area contributed by atoms with E-state index in [0.717, 1.165) is 17.9 Å². The molecule has 0 bridgehead atoms. The molecule has 0 aromatic carbocycles. The summed E-state index contributed by atoms with van der Waals surface area (Å²) in [6.07, 6.45) is 3.98. The molecule has 1 unspecified atom stereocenters. The largest absolute Gasteiger partial charge is 0.311 e. The van der Waals surface area contributed by atoms with Gasteiger partial charge in [0.1, 0.15) is 0 Å². The van der Waals surface area contributed by atoms with Crippen LogP contribution in [0.2, 0.25) is 0 Å². The third-order valence-electron chi connectivity index (χ3n) is 3.77. The molecule has 2 nitrogen and oxygen atoms in total. The van der Waals surface area contributed by atoms with E-state index in [2.05, 4.69) is 37.9 Å². The van der Waals surface area contributed by atoms with Crippen molar-refractivity contribution in [3.63, 3.8) is 0 Å². The van der Waals surface area contributed by atoms with Crippen molar-refractivity contribution in [1.82, 2.24) is 10.2 Å². The van der Waals surface area contributed by atoms with E-state index in [0.29, 0.717) is 0 Å². The van der Waals surface area contributed by atoms with Gasteiger partial charge >= 0.3 is 0 Å². The van der Waals surface area contributed by atoms with Gasteiger partial charge in [-0.2, -0.15) is 0 Å². The fraction of sp³-hybridized carbons (Fsp3) is 1.00. The normalized spacial score (nSPS) is 23.2. The van der Waals surface area contributed by atoms with Gasteiger partial charge in [-0.25, -0.2) is 0 Å². The molecule has 1 aliphatic rings. The summed E-state index contributed by atoms with van der Waals surface area (Å²) in [5.41, 5.74) is 0. The predicted molar refractivity (Wildman–Crippen MR) is 71.8 cm³/mol. The smallest absolute Gasteiger partial charge is 0.0198 e. The average molecular weight is 226 g/mol. The number of nitrogens with zero attached hydrogens (tertiary/aromatic N) is 1. The van der Waals surface area contributed by atoms with Crippen LogP contribution >= 0.6 is 0 Å². The van der Waals surface area contributed by atoms with Crippen LogP contribution < -0.4 is 5.32 Å². The Hall–Kier alpha value is -0.0800. The SMILES string of the molecule is CCC(CC)CN1CCNC(CC(C)C)C1. The van der Waals surface area contributed by atoms with Crippen LogP contribution in [-0.2, 0) is 0 Å². The Morgan fingerprint density at radius 2 is 1.94 bits per heavy atom. The third-order valence-corrected chi connectivity index (χ3v) is 3.77. The number of piperazine rings is 1. The highest BCUT2D eigenvalue weighted by Crippen LogP contribution is 2.14. The Morgan fingerprint density at radius 1 is 1.25 bits per heavy atom. The lowest BCUT2D eigenvalue weighted by atomic mass is 9.99. The van der Waals surface area contributed by atoms with Gasteiger partial charge in [-0.3, -0.25) is 0 Å². The maximum atomic E-state index is 3.65. The van der Waals surface area contributed by atoms with Crippen molar-refractivity contribution in [3.05, 3.63) is 0 Å². The Morgan fingerprint density at radius 3 is 2.50 bits per heavy atom. The summed E-state index contributed by atoms with van der Waals surface area (Å²) in [7, 11) is 0. The van der Waals surface area contributed by atoms with Crippen molar-refractivity contribution in [2.45, 2.75) is 53.0 Å². The molecule has 0 aromatic rings. The molecule has 0 aliphatic carbocycles. The first-order valence-corrected chi connectivity index (χ1v) is 7.11. The van der Waals surface area contributed by atoms with E-state index < -0.39 is 0 Å². The molecule has 1 fully saturated rings. The summed E-state index contributed by atoms with van der Waals surface area (Å²) in [6, 6.07) is 0.725. The number of hydrogen-bond acceptors (Lipinski definition) is 2. The van der Waals surface area contributed by atoms with Crippen LogP contribution in [0.25, 0.3) is 0 Å². The van der Waals surface area contributed by atoms with Gasteiger partial charge in [0.05, 0.1) is 0 Å². The van der Waals surface area contributed by atoms with Crippen LogP contribution in [0.3, 0.4) is 0 Å². The first kappa shape index (κ1) is 14.0. The van der Waals surface area contributed by atoms with Crippen molar-refractivity contribution in [2.75, 3.05) is 26.2 Å². The molecular formula is C14H30N2. The first-order chi connectivity index (χ1) is 7.65. The van der Waals surface area contributed by atoms with E-state index in [1.54, 1.807) is 0 Å². The predicted octanol–water partition coefficient (Wildman–Crippen LogP) is 2.74. The molecule has 1 rings (SSSR count). The topological polar surface area (TPSA) is 15.3 Å². The van der Waals surface area contributed by atoms with Crippen LogP contribution in [0.1, 0.15) is 47.0 Å². The third kappa shape index (κ3) is 4.84. The molecule has 1 atom stereocenters. The van der Waals surface area contributed by atoms with Crippen LogP contribution in [0.5, 0.6) is 0 Å². The summed E-state index contributed by atoms with van der Waals surface area (Å²) in [5.74, 6) is 1.71. The first-order valence-electron chi connectivity index (χ1n) is 7.11. The molecule has 1 saturated heterocycles. The molecule has 0 saturated carbocycles. The van der Waals surface area contributed by atoms with Crippen LogP contribution in [-0.4, -0.2) is 37.1 Å². The van der Waals surface area contributed by atoms with Crippen molar-refractivity contribution in [1.29, 1.82) is 0 Å². The zero-order chi connectivity index (χ0) is 12.0. The maximum Gasteiger partial charge on any atom is 0.0198 e. The zero-order valence-electron chi connectivity index (χ0n) is 11.6. The van der Waals surface area contributed by atoms with Crippen molar-refractivity contribution in [3.8, 4) is 0 Å². The number of hydrogen-bond donors (Lipinski definition) is 1. The molecule has 1 N–H and O–H groups in total. The Kier molecular flexibility index (Phi) is 6.37. The van der Waals surface area contributed by atoms with Gasteiger partial charge in [-0.05, 0) is 18.3 Å². The summed E-state index contributed by atoms with van der Waals surface area (Å²) in [5, 5.41) is 3.65. The highest BCUT2D eigenvalue weighted by atomic mass is 15.2. The minimum atomic E-state index is 0.725. The quantitative estimate of drug-likeness (QED) is 0.749. The Labute approximate surface area is 102 Å². The van der Waals surface area contributed by atoms with E-state index in [9.17, 15) is 0 Å². The van der Waals surface area contributed by atoms with E-state index >= 15 is 0 Å². The molecule has 0 radical (unpaired) electrons. The lowest BCUT2D eigenvalue weighted by molar-refractivity contribution is 0.159. The zero-order valence-corrected chi connectivity index (χ0v) is 11.6. The van der Waals surface area contributed by atoms with E-state index in [1.807, 2.05) is 0 Å². The number of rotatable bonds is 6. The minimum Gasteiger partial charge on any atom is -0.311 e. The molecule has 16 heavy (non-hydrogen) atoms. The average Bonchev–Trinajstić information content (AvgIpc) is 2.25. The second kappa shape index (κ2) is 7.29. The van der Waals surface area contributed by atoms with Crippen molar-refractivity contribution < 1.29 is 0 Å². The summed E-state index contributed by atoms with van der Waals surface area (Å²) in [4.78, 5) is 2.67. The lowest BCUT2D eigenvalue weighted by Crippen LogP contribution is -2.52. The standard InChI is InChI=1S/C14H30N2/c1-5-13(6-2)10-16-8-7-15-14(11-16)9-12(3)4/h12-15H,5-11H2,1-4H3. The second-order valence-electron chi connectivity index (χ2n) is 5.72. The van der Waals surface area contributed by atoms with Crippen LogP contribution in [0, 0.1) is 11.8 Å².